The second kappa shape index (κ2) is 12.6. The van der Waals surface area contributed by atoms with Crippen LogP contribution in [0.2, 0.25) is 0 Å². The van der Waals surface area contributed by atoms with E-state index in [9.17, 15) is 20.0 Å². The Morgan fingerprint density at radius 3 is 2.68 bits per heavy atom. The second-order valence-corrected chi connectivity index (χ2v) is 13.5. The number of ether oxygens (including phenoxy) is 2. The summed E-state index contributed by atoms with van der Waals surface area (Å²) in [6.45, 7) is 11.8. The predicted octanol–water partition coefficient (Wildman–Crippen LogP) is 4.45. The number of alkyl carbamates (subject to hydrolysis) is 1. The molecule has 12 heteroatoms. The Bertz CT molecular complexity index is 1740. The Labute approximate surface area is 274 Å². The van der Waals surface area contributed by atoms with Crippen molar-refractivity contribution >= 4 is 34.3 Å². The number of hydrogen-bond acceptors (Lipinski definition) is 10. The van der Waals surface area contributed by atoms with Crippen molar-refractivity contribution in [1.29, 1.82) is 5.26 Å². The molecular formula is C35H41N7O5. The van der Waals surface area contributed by atoms with E-state index in [-0.39, 0.29) is 36.7 Å². The van der Waals surface area contributed by atoms with Crippen molar-refractivity contribution in [2.45, 2.75) is 70.2 Å². The molecule has 0 bridgehead atoms. The Morgan fingerprint density at radius 1 is 1.17 bits per heavy atom. The maximum Gasteiger partial charge on any atom is 0.408 e. The van der Waals surface area contributed by atoms with Gasteiger partial charge in [-0.05, 0) is 57.6 Å². The average Bonchev–Trinajstić information content (AvgIpc) is 3.80. The average molecular weight is 640 g/mol. The Kier molecular flexibility index (Phi) is 8.57. The third kappa shape index (κ3) is 7.04. The van der Waals surface area contributed by atoms with Gasteiger partial charge in [-0.15, -0.1) is 0 Å². The quantitative estimate of drug-likeness (QED) is 0.339. The van der Waals surface area contributed by atoms with Crippen molar-refractivity contribution in [1.82, 2.24) is 20.2 Å². The summed E-state index contributed by atoms with van der Waals surface area (Å²) in [6.07, 6.45) is 3.12. The number of aromatic nitrogens is 2. The van der Waals surface area contributed by atoms with Gasteiger partial charge in [-0.25, -0.2) is 4.79 Å². The van der Waals surface area contributed by atoms with Gasteiger partial charge >= 0.3 is 12.1 Å². The SMILES string of the molecule is C=CC(=O)N1CCN(c2nc(OCC3(NC(=O)OC(C)(C)C)CC3)nc3c2CCN(c2cc(O)cc4ccccc24)C3)C[C@@H]1CC#N. The molecule has 47 heavy (non-hydrogen) atoms. The number of benzene rings is 2. The number of nitriles is 1. The van der Waals surface area contributed by atoms with Crippen molar-refractivity contribution in [2.75, 3.05) is 42.6 Å². The lowest BCUT2D eigenvalue weighted by atomic mass is 10.0. The summed E-state index contributed by atoms with van der Waals surface area (Å²) in [7, 11) is 0. The monoisotopic (exact) mass is 639 g/mol. The van der Waals surface area contributed by atoms with Crippen LogP contribution in [0.3, 0.4) is 0 Å². The van der Waals surface area contributed by atoms with E-state index in [1.54, 1.807) is 17.0 Å². The molecule has 3 aromatic rings. The van der Waals surface area contributed by atoms with Gasteiger partial charge in [-0.2, -0.15) is 15.2 Å². The van der Waals surface area contributed by atoms with E-state index in [4.69, 9.17) is 19.4 Å². The molecule has 0 spiro atoms. The minimum atomic E-state index is -0.617. The highest BCUT2D eigenvalue weighted by molar-refractivity contribution is 5.95. The van der Waals surface area contributed by atoms with Crippen LogP contribution < -0.4 is 19.9 Å². The largest absolute Gasteiger partial charge is 0.508 e. The fraction of sp³-hybridized carbons (Fsp3) is 0.457. The molecule has 2 aromatic carbocycles. The minimum Gasteiger partial charge on any atom is -0.508 e. The second-order valence-electron chi connectivity index (χ2n) is 13.5. The van der Waals surface area contributed by atoms with E-state index < -0.39 is 17.2 Å². The number of anilines is 2. The summed E-state index contributed by atoms with van der Waals surface area (Å²) < 4.78 is 11.7. The number of nitrogens with zero attached hydrogens (tertiary/aromatic N) is 6. The molecule has 3 aliphatic rings. The van der Waals surface area contributed by atoms with Crippen molar-refractivity contribution in [3.05, 3.63) is 60.3 Å². The van der Waals surface area contributed by atoms with Gasteiger partial charge in [0.2, 0.25) is 5.91 Å². The third-order valence-electron chi connectivity index (χ3n) is 8.85. The lowest BCUT2D eigenvalue weighted by Crippen LogP contribution is -2.55. The summed E-state index contributed by atoms with van der Waals surface area (Å²) in [5.74, 6) is 0.725. The molecule has 2 amide bonds. The number of carbonyl (C=O) groups excluding carboxylic acids is 2. The number of fused-ring (bicyclic) bond motifs is 2. The molecule has 1 saturated heterocycles. The molecule has 12 nitrogen and oxygen atoms in total. The van der Waals surface area contributed by atoms with Crippen LogP contribution in [0.4, 0.5) is 16.3 Å². The standard InChI is InChI=1S/C35H41N7O5/c1-5-30(44)42-17-16-41(20-24(42)10-14-36)31-27-11-15-40(29-19-25(43)18-23-8-6-7-9-26(23)29)21-28(27)37-32(38-31)46-22-35(12-13-35)39-33(45)47-34(2,3)4/h5-9,18-19,24,43H,1,10-13,15-17,20-22H2,2-4H3,(H,39,45)/t24-/m0/s1. The van der Waals surface area contributed by atoms with Crippen molar-refractivity contribution in [3.63, 3.8) is 0 Å². The highest BCUT2D eigenvalue weighted by Crippen LogP contribution is 2.39. The van der Waals surface area contributed by atoms with Crippen LogP contribution in [0.5, 0.6) is 11.8 Å². The zero-order valence-electron chi connectivity index (χ0n) is 27.2. The van der Waals surface area contributed by atoms with Crippen molar-refractivity contribution in [3.8, 4) is 17.8 Å². The maximum atomic E-state index is 12.6. The number of aromatic hydroxyl groups is 1. The normalized spacial score (nSPS) is 18.6. The molecule has 3 heterocycles. The number of hydrogen-bond donors (Lipinski definition) is 2. The number of nitrogens with one attached hydrogen (secondary N) is 1. The van der Waals surface area contributed by atoms with Crippen molar-refractivity contribution in [2.24, 2.45) is 0 Å². The van der Waals surface area contributed by atoms with E-state index in [2.05, 4.69) is 27.8 Å². The van der Waals surface area contributed by atoms with E-state index in [0.29, 0.717) is 39.1 Å². The number of phenols is 1. The minimum absolute atomic E-state index is 0.184. The zero-order valence-corrected chi connectivity index (χ0v) is 27.2. The van der Waals surface area contributed by atoms with Gasteiger partial charge in [-0.1, -0.05) is 30.8 Å². The highest BCUT2D eigenvalue weighted by Gasteiger charge is 2.46. The number of phenolic OH excluding ortho intramolecular Hbond substituents is 1. The molecule has 0 radical (unpaired) electrons. The maximum absolute atomic E-state index is 12.6. The fourth-order valence-electron chi connectivity index (χ4n) is 6.37. The Morgan fingerprint density at radius 2 is 1.96 bits per heavy atom. The first-order chi connectivity index (χ1) is 22.5. The summed E-state index contributed by atoms with van der Waals surface area (Å²) in [4.78, 5) is 40.9. The van der Waals surface area contributed by atoms with E-state index in [0.717, 1.165) is 46.4 Å². The van der Waals surface area contributed by atoms with Gasteiger partial charge in [-0.3, -0.25) is 4.79 Å². The van der Waals surface area contributed by atoms with Crippen LogP contribution in [0.1, 0.15) is 51.3 Å². The predicted molar refractivity (Wildman–Crippen MR) is 177 cm³/mol. The molecule has 1 aromatic heterocycles. The molecule has 246 valence electrons. The van der Waals surface area contributed by atoms with Gasteiger partial charge in [0, 0.05) is 48.9 Å². The Hall–Kier alpha value is -5.05. The van der Waals surface area contributed by atoms with Crippen LogP contribution >= 0.6 is 0 Å². The molecular weight excluding hydrogens is 598 g/mol. The van der Waals surface area contributed by atoms with Crippen molar-refractivity contribution < 1.29 is 24.2 Å². The first-order valence-electron chi connectivity index (χ1n) is 16.0. The Balaban J connectivity index is 1.31. The van der Waals surface area contributed by atoms with E-state index in [1.165, 1.54) is 6.08 Å². The van der Waals surface area contributed by atoms with E-state index >= 15 is 0 Å². The molecule has 6 rings (SSSR count). The van der Waals surface area contributed by atoms with Gasteiger partial charge in [0.15, 0.2) is 0 Å². The third-order valence-corrected chi connectivity index (χ3v) is 8.85. The summed E-state index contributed by atoms with van der Waals surface area (Å²) in [6, 6.07) is 13.6. The summed E-state index contributed by atoms with van der Waals surface area (Å²) >= 11 is 0. The van der Waals surface area contributed by atoms with Gasteiger partial charge in [0.25, 0.3) is 0 Å². The van der Waals surface area contributed by atoms with Gasteiger partial charge in [0.05, 0.1) is 36.3 Å². The van der Waals surface area contributed by atoms with Gasteiger partial charge in [0.1, 0.15) is 23.8 Å². The zero-order chi connectivity index (χ0) is 33.3. The first-order valence-corrected chi connectivity index (χ1v) is 16.0. The number of carbonyl (C=O) groups is 2. The molecule has 2 N–H and O–H groups in total. The van der Waals surface area contributed by atoms with Gasteiger partial charge < -0.3 is 34.6 Å². The van der Waals surface area contributed by atoms with E-state index in [1.807, 2.05) is 45.0 Å². The fourth-order valence-corrected chi connectivity index (χ4v) is 6.37. The van der Waals surface area contributed by atoms with Crippen LogP contribution in [-0.2, 0) is 22.5 Å². The molecule has 2 fully saturated rings. The molecule has 1 atom stereocenters. The van der Waals surface area contributed by atoms with Crippen LogP contribution in [-0.4, -0.2) is 81.9 Å². The molecule has 0 unspecified atom stereocenters. The van der Waals surface area contributed by atoms with Crippen LogP contribution in [0, 0.1) is 11.3 Å². The lowest BCUT2D eigenvalue weighted by Gasteiger charge is -2.42. The molecule has 1 aliphatic carbocycles. The lowest BCUT2D eigenvalue weighted by molar-refractivity contribution is -0.128. The van der Waals surface area contributed by atoms with Crippen LogP contribution in [0.25, 0.3) is 10.8 Å². The summed E-state index contributed by atoms with van der Waals surface area (Å²) in [5, 5.41) is 25.0. The highest BCUT2D eigenvalue weighted by atomic mass is 16.6. The number of amides is 2. The summed E-state index contributed by atoms with van der Waals surface area (Å²) in [5.41, 5.74) is 1.54. The van der Waals surface area contributed by atoms with Crippen LogP contribution in [0.15, 0.2) is 49.1 Å². The smallest absolute Gasteiger partial charge is 0.408 e. The number of piperazine rings is 1. The first kappa shape index (κ1) is 31.9. The number of rotatable bonds is 8. The molecule has 1 saturated carbocycles. The molecule has 2 aliphatic heterocycles. The topological polar surface area (TPSA) is 144 Å².